The molecule has 2 saturated carbocycles. The Hall–Kier alpha value is -1.93. The van der Waals surface area contributed by atoms with Gasteiger partial charge in [0.15, 0.2) is 24.2 Å². The zero-order valence-electron chi connectivity index (χ0n) is 14.3. The van der Waals surface area contributed by atoms with E-state index in [9.17, 15) is 3.89 Å². The van der Waals surface area contributed by atoms with Crippen LogP contribution in [-0.4, -0.2) is 40.6 Å². The molecule has 5 rings (SSSR count). The lowest BCUT2D eigenvalue weighted by Gasteiger charge is -2.26. The number of hydrogen-bond acceptors (Lipinski definition) is 6. The quantitative estimate of drug-likeness (QED) is 0.794. The smallest absolute Gasteiger partial charge is 0.201 e. The van der Waals surface area contributed by atoms with Gasteiger partial charge in [0.25, 0.3) is 0 Å². The van der Waals surface area contributed by atoms with E-state index in [1.165, 1.54) is 10.3 Å². The van der Waals surface area contributed by atoms with Gasteiger partial charge in [-0.1, -0.05) is 0 Å². The van der Waals surface area contributed by atoms with Crippen molar-refractivity contribution in [3.8, 4) is 0 Å². The predicted octanol–water partition coefficient (Wildman–Crippen LogP) is 3.97. The van der Waals surface area contributed by atoms with Crippen molar-refractivity contribution in [2.24, 2.45) is 9.98 Å². The summed E-state index contributed by atoms with van der Waals surface area (Å²) in [6.45, 7) is 0. The van der Waals surface area contributed by atoms with E-state index in [0.29, 0.717) is 17.5 Å². The third-order valence-corrected chi connectivity index (χ3v) is 5.52. The first-order valence-corrected chi connectivity index (χ1v) is 9.55. The Labute approximate surface area is 154 Å². The summed E-state index contributed by atoms with van der Waals surface area (Å²) in [5.74, 6) is 0.729. The lowest BCUT2D eigenvalue weighted by molar-refractivity contribution is 0.0361. The highest BCUT2D eigenvalue weighted by atomic mass is 32.2. The molecular weight excluding hydrogens is 355 g/mol. The molecule has 0 spiro atoms. The molecule has 2 fully saturated rings. The van der Waals surface area contributed by atoms with Crippen LogP contribution in [0.1, 0.15) is 48.8 Å². The van der Waals surface area contributed by atoms with Crippen LogP contribution in [0.25, 0.3) is 11.0 Å². The van der Waals surface area contributed by atoms with E-state index >= 15 is 0 Å². The molecule has 3 heterocycles. The number of aliphatic imine (C=N–C) groups is 2. The molecule has 2 aliphatic carbocycles. The number of hydrogen-bond donors (Lipinski definition) is 0. The fourth-order valence-corrected chi connectivity index (χ4v) is 3.80. The van der Waals surface area contributed by atoms with E-state index in [-0.39, 0.29) is 24.4 Å². The summed E-state index contributed by atoms with van der Waals surface area (Å²) >= 11 is 0.154. The van der Waals surface area contributed by atoms with Crippen LogP contribution in [0.4, 0.5) is 3.89 Å². The van der Waals surface area contributed by atoms with Crippen molar-refractivity contribution in [2.45, 2.75) is 49.9 Å². The Kier molecular flexibility index (Phi) is 3.97. The van der Waals surface area contributed by atoms with Gasteiger partial charge in [0.05, 0.1) is 13.2 Å². The number of pyridine rings is 1. The molecule has 136 valence electrons. The topological polar surface area (TPSA) is 61.0 Å². The molecular formula is C18H19FN4O2S. The van der Waals surface area contributed by atoms with Crippen LogP contribution in [0, 0.1) is 0 Å². The lowest BCUT2D eigenvalue weighted by atomic mass is 9.96. The Bertz CT molecular complexity index is 904. The van der Waals surface area contributed by atoms with Crippen molar-refractivity contribution in [2.75, 3.05) is 7.11 Å². The Morgan fingerprint density at radius 1 is 1.23 bits per heavy atom. The van der Waals surface area contributed by atoms with Crippen LogP contribution >= 0.6 is 12.3 Å². The SMILES string of the molecule is COC1=NC=NC(OC2CC2)C1c1cn(SF)c2nc(C3CC3)ccc12. The first-order valence-electron chi connectivity index (χ1n) is 8.88. The van der Waals surface area contributed by atoms with E-state index in [1.54, 1.807) is 13.3 Å². The third kappa shape index (κ3) is 2.81. The van der Waals surface area contributed by atoms with E-state index < -0.39 is 6.23 Å². The molecule has 0 radical (unpaired) electrons. The highest BCUT2D eigenvalue weighted by Crippen LogP contribution is 2.42. The zero-order chi connectivity index (χ0) is 17.7. The summed E-state index contributed by atoms with van der Waals surface area (Å²) in [7, 11) is 1.59. The van der Waals surface area contributed by atoms with Gasteiger partial charge in [-0.2, -0.15) is 0 Å². The molecule has 0 aromatic carbocycles. The molecule has 0 amide bonds. The molecule has 2 aromatic heterocycles. The third-order valence-electron chi connectivity index (χ3n) is 5.09. The van der Waals surface area contributed by atoms with E-state index in [2.05, 4.69) is 9.98 Å². The number of aromatic nitrogens is 2. The van der Waals surface area contributed by atoms with Gasteiger partial charge in [-0.25, -0.2) is 18.9 Å². The lowest BCUT2D eigenvalue weighted by Crippen LogP contribution is -2.31. The summed E-state index contributed by atoms with van der Waals surface area (Å²) in [6, 6.07) is 4.07. The number of methoxy groups -OCH3 is 1. The van der Waals surface area contributed by atoms with Gasteiger partial charge in [0.2, 0.25) is 5.90 Å². The summed E-state index contributed by atoms with van der Waals surface area (Å²) in [6.07, 6.45) is 7.48. The zero-order valence-corrected chi connectivity index (χ0v) is 15.2. The predicted molar refractivity (Wildman–Crippen MR) is 99.4 cm³/mol. The van der Waals surface area contributed by atoms with Gasteiger partial charge >= 0.3 is 0 Å². The standard InChI is InChI=1S/C18H19FN4O2S/c1-24-17-15(18(21-9-20-17)25-11-4-5-11)13-8-23(26-19)16-12(13)6-7-14(22-16)10-2-3-10/h6-11,15,18H,2-5H2,1H3. The molecule has 2 unspecified atom stereocenters. The monoisotopic (exact) mass is 374 g/mol. The van der Waals surface area contributed by atoms with Crippen molar-refractivity contribution in [1.29, 1.82) is 0 Å². The minimum atomic E-state index is -0.415. The van der Waals surface area contributed by atoms with Gasteiger partial charge in [0.1, 0.15) is 12.3 Å². The summed E-state index contributed by atoms with van der Waals surface area (Å²) < 4.78 is 26.6. The van der Waals surface area contributed by atoms with Crippen LogP contribution in [-0.2, 0) is 9.47 Å². The number of rotatable bonds is 5. The normalized spacial score (nSPS) is 25.5. The van der Waals surface area contributed by atoms with Crippen LogP contribution in [0.3, 0.4) is 0 Å². The second kappa shape index (κ2) is 6.35. The fraction of sp³-hybridized carbons (Fsp3) is 0.500. The highest BCUT2D eigenvalue weighted by Gasteiger charge is 2.38. The molecule has 8 heteroatoms. The Morgan fingerprint density at radius 2 is 2.08 bits per heavy atom. The van der Waals surface area contributed by atoms with Crippen LogP contribution in [0.2, 0.25) is 0 Å². The minimum Gasteiger partial charge on any atom is -0.483 e. The number of ether oxygens (including phenoxy) is 2. The van der Waals surface area contributed by atoms with Crippen LogP contribution in [0.15, 0.2) is 28.3 Å². The molecule has 2 atom stereocenters. The average Bonchev–Trinajstić information content (AvgIpc) is 3.59. The largest absolute Gasteiger partial charge is 0.483 e. The number of fused-ring (bicyclic) bond motifs is 1. The Morgan fingerprint density at radius 3 is 2.77 bits per heavy atom. The van der Waals surface area contributed by atoms with Gasteiger partial charge in [-0.15, -0.1) is 3.89 Å². The molecule has 3 aliphatic rings. The summed E-state index contributed by atoms with van der Waals surface area (Å²) in [5, 5.41) is 0.885. The van der Waals surface area contributed by atoms with Gasteiger partial charge < -0.3 is 9.47 Å². The molecule has 0 saturated heterocycles. The number of nitrogens with zero attached hydrogens (tertiary/aromatic N) is 4. The maximum Gasteiger partial charge on any atom is 0.201 e. The number of halogens is 1. The maximum atomic E-state index is 13.6. The molecule has 0 N–H and O–H groups in total. The minimum absolute atomic E-state index is 0.154. The highest BCUT2D eigenvalue weighted by molar-refractivity contribution is 7.92. The van der Waals surface area contributed by atoms with Crippen LogP contribution in [0.5, 0.6) is 0 Å². The maximum absolute atomic E-state index is 13.6. The molecule has 26 heavy (non-hydrogen) atoms. The van der Waals surface area contributed by atoms with Gasteiger partial charge in [-0.3, -0.25) is 0 Å². The van der Waals surface area contributed by atoms with E-state index in [1.807, 2.05) is 12.1 Å². The van der Waals surface area contributed by atoms with Crippen molar-refractivity contribution in [3.05, 3.63) is 29.6 Å². The first kappa shape index (κ1) is 16.3. The summed E-state index contributed by atoms with van der Waals surface area (Å²) in [5.41, 5.74) is 2.54. The van der Waals surface area contributed by atoms with Crippen molar-refractivity contribution in [1.82, 2.24) is 8.96 Å². The van der Waals surface area contributed by atoms with Crippen molar-refractivity contribution in [3.63, 3.8) is 0 Å². The first-order chi connectivity index (χ1) is 12.8. The van der Waals surface area contributed by atoms with E-state index in [0.717, 1.165) is 42.3 Å². The second-order valence-electron chi connectivity index (χ2n) is 7.00. The second-order valence-corrected chi connectivity index (χ2v) is 7.53. The van der Waals surface area contributed by atoms with Crippen molar-refractivity contribution < 1.29 is 13.4 Å². The Balaban J connectivity index is 1.61. The molecule has 0 bridgehead atoms. The van der Waals surface area contributed by atoms with Crippen molar-refractivity contribution >= 4 is 35.6 Å². The average molecular weight is 374 g/mol. The molecule has 2 aromatic rings. The molecule has 1 aliphatic heterocycles. The fourth-order valence-electron chi connectivity index (χ4n) is 3.45. The summed E-state index contributed by atoms with van der Waals surface area (Å²) in [4.78, 5) is 13.4. The molecule has 6 nitrogen and oxygen atoms in total. The van der Waals surface area contributed by atoms with E-state index in [4.69, 9.17) is 14.5 Å². The van der Waals surface area contributed by atoms with Gasteiger partial charge in [-0.05, 0) is 43.4 Å². The van der Waals surface area contributed by atoms with Crippen LogP contribution < -0.4 is 0 Å². The van der Waals surface area contributed by atoms with Gasteiger partial charge in [0, 0.05) is 23.2 Å².